The van der Waals surface area contributed by atoms with Crippen molar-refractivity contribution in [1.29, 1.82) is 0 Å². The van der Waals surface area contributed by atoms with Gasteiger partial charge in [-0.05, 0) is 56.0 Å². The molecule has 2 aromatic rings. The third-order valence-corrected chi connectivity index (χ3v) is 6.11. The highest BCUT2D eigenvalue weighted by Crippen LogP contribution is 2.22. The van der Waals surface area contributed by atoms with E-state index < -0.39 is 10.0 Å². The smallest absolute Gasteiger partial charge is 0.242 e. The van der Waals surface area contributed by atoms with Crippen molar-refractivity contribution in [2.24, 2.45) is 0 Å². The fourth-order valence-corrected chi connectivity index (χ4v) is 3.78. The molecule has 2 aromatic carbocycles. The standard InChI is InChI=1S/C20H26N2O3S/c1-14-12-15(2)20(16(3)13-14)21-19(23)11-8-17-6-9-18(10-7-17)26(24,25)22(4)5/h6-7,9-10,12-13H,8,11H2,1-5H3,(H,21,23). The van der Waals surface area contributed by atoms with Gasteiger partial charge in [0.05, 0.1) is 4.90 Å². The molecule has 0 atom stereocenters. The van der Waals surface area contributed by atoms with Crippen molar-refractivity contribution in [1.82, 2.24) is 4.31 Å². The number of carbonyl (C=O) groups excluding carboxylic acids is 1. The van der Waals surface area contributed by atoms with E-state index in [1.165, 1.54) is 24.0 Å². The summed E-state index contributed by atoms with van der Waals surface area (Å²) in [6, 6.07) is 10.8. The molecule has 0 heterocycles. The minimum atomic E-state index is -3.42. The number of hydrogen-bond acceptors (Lipinski definition) is 3. The van der Waals surface area contributed by atoms with Gasteiger partial charge in [-0.3, -0.25) is 4.79 Å². The number of anilines is 1. The van der Waals surface area contributed by atoms with Crippen molar-refractivity contribution in [3.05, 3.63) is 58.7 Å². The molecule has 1 N–H and O–H groups in total. The Bertz CT molecular complexity index is 878. The molecule has 5 nitrogen and oxygen atoms in total. The number of hydrogen-bond donors (Lipinski definition) is 1. The highest BCUT2D eigenvalue weighted by molar-refractivity contribution is 7.89. The Kier molecular flexibility index (Phi) is 6.21. The minimum absolute atomic E-state index is 0.0509. The van der Waals surface area contributed by atoms with Crippen LogP contribution >= 0.6 is 0 Å². The fourth-order valence-electron chi connectivity index (χ4n) is 2.88. The molecule has 0 saturated carbocycles. The number of sulfonamides is 1. The predicted octanol–water partition coefficient (Wildman–Crippen LogP) is 3.43. The van der Waals surface area contributed by atoms with Gasteiger partial charge in [0.15, 0.2) is 0 Å². The highest BCUT2D eigenvalue weighted by Gasteiger charge is 2.16. The number of carbonyl (C=O) groups is 1. The van der Waals surface area contributed by atoms with Gasteiger partial charge in [0.1, 0.15) is 0 Å². The Morgan fingerprint density at radius 2 is 1.54 bits per heavy atom. The van der Waals surface area contributed by atoms with E-state index in [0.29, 0.717) is 12.8 Å². The van der Waals surface area contributed by atoms with Gasteiger partial charge in [0.2, 0.25) is 15.9 Å². The van der Waals surface area contributed by atoms with E-state index in [9.17, 15) is 13.2 Å². The van der Waals surface area contributed by atoms with Crippen LogP contribution < -0.4 is 5.32 Å². The lowest BCUT2D eigenvalue weighted by Gasteiger charge is -2.13. The summed E-state index contributed by atoms with van der Waals surface area (Å²) in [5, 5.41) is 2.99. The van der Waals surface area contributed by atoms with Crippen molar-refractivity contribution >= 4 is 21.6 Å². The average Bonchev–Trinajstić information content (AvgIpc) is 2.56. The summed E-state index contributed by atoms with van der Waals surface area (Å²) >= 11 is 0. The second-order valence-electron chi connectivity index (χ2n) is 6.75. The molecule has 0 spiro atoms. The normalized spacial score (nSPS) is 11.6. The molecule has 0 fully saturated rings. The molecule has 6 heteroatoms. The number of aryl methyl sites for hydroxylation is 4. The number of rotatable bonds is 6. The monoisotopic (exact) mass is 374 g/mol. The summed E-state index contributed by atoms with van der Waals surface area (Å²) in [7, 11) is -0.419. The molecular formula is C20H26N2O3S. The van der Waals surface area contributed by atoms with Gasteiger partial charge in [0.25, 0.3) is 0 Å². The van der Waals surface area contributed by atoms with Crippen LogP contribution in [0.5, 0.6) is 0 Å². The Morgan fingerprint density at radius 1 is 1.00 bits per heavy atom. The Balaban J connectivity index is 2.00. The van der Waals surface area contributed by atoms with E-state index in [0.717, 1.165) is 22.4 Å². The third kappa shape index (κ3) is 4.71. The van der Waals surface area contributed by atoms with Crippen LogP contribution in [0.2, 0.25) is 0 Å². The number of amides is 1. The van der Waals surface area contributed by atoms with Crippen molar-refractivity contribution in [2.45, 2.75) is 38.5 Å². The Labute approximate surface area is 156 Å². The summed E-state index contributed by atoms with van der Waals surface area (Å²) in [6.07, 6.45) is 0.893. The van der Waals surface area contributed by atoms with Gasteiger partial charge in [-0.2, -0.15) is 0 Å². The van der Waals surface area contributed by atoms with Gasteiger partial charge in [-0.25, -0.2) is 12.7 Å². The summed E-state index contributed by atoms with van der Waals surface area (Å²) in [5.74, 6) is -0.0509. The van der Waals surface area contributed by atoms with Crippen LogP contribution in [-0.4, -0.2) is 32.7 Å². The third-order valence-electron chi connectivity index (χ3n) is 4.28. The quantitative estimate of drug-likeness (QED) is 0.842. The van der Waals surface area contributed by atoms with Crippen LogP contribution in [-0.2, 0) is 21.2 Å². The van der Waals surface area contributed by atoms with E-state index in [4.69, 9.17) is 0 Å². The SMILES string of the molecule is Cc1cc(C)c(NC(=O)CCc2ccc(S(=O)(=O)N(C)C)cc2)c(C)c1. The van der Waals surface area contributed by atoms with Crippen LogP contribution in [0.25, 0.3) is 0 Å². The molecular weight excluding hydrogens is 348 g/mol. The molecule has 0 unspecified atom stereocenters. The van der Waals surface area contributed by atoms with Crippen LogP contribution in [0.1, 0.15) is 28.7 Å². The molecule has 0 saturated heterocycles. The molecule has 0 aliphatic rings. The number of nitrogens with one attached hydrogen (secondary N) is 1. The lowest BCUT2D eigenvalue weighted by molar-refractivity contribution is -0.116. The zero-order chi connectivity index (χ0) is 19.5. The Morgan fingerprint density at radius 3 is 2.04 bits per heavy atom. The van der Waals surface area contributed by atoms with E-state index in [1.54, 1.807) is 24.3 Å². The van der Waals surface area contributed by atoms with Gasteiger partial charge < -0.3 is 5.32 Å². The molecule has 0 aromatic heterocycles. The largest absolute Gasteiger partial charge is 0.326 e. The van der Waals surface area contributed by atoms with Gasteiger partial charge in [-0.15, -0.1) is 0 Å². The van der Waals surface area contributed by atoms with Crippen molar-refractivity contribution < 1.29 is 13.2 Å². The summed E-state index contributed by atoms with van der Waals surface area (Å²) in [4.78, 5) is 12.5. The van der Waals surface area contributed by atoms with Crippen LogP contribution in [0.15, 0.2) is 41.3 Å². The summed E-state index contributed by atoms with van der Waals surface area (Å²) < 4.78 is 25.3. The average molecular weight is 375 g/mol. The molecule has 2 rings (SSSR count). The van der Waals surface area contributed by atoms with Gasteiger partial charge in [0, 0.05) is 26.2 Å². The molecule has 0 aliphatic carbocycles. The second kappa shape index (κ2) is 8.01. The maximum atomic E-state index is 12.3. The molecule has 1 amide bonds. The predicted molar refractivity (Wildman–Crippen MR) is 105 cm³/mol. The maximum absolute atomic E-state index is 12.3. The molecule has 26 heavy (non-hydrogen) atoms. The summed E-state index contributed by atoms with van der Waals surface area (Å²) in [6.45, 7) is 6.00. The van der Waals surface area contributed by atoms with Crippen molar-refractivity contribution in [3.8, 4) is 0 Å². The van der Waals surface area contributed by atoms with E-state index in [1.807, 2.05) is 32.9 Å². The van der Waals surface area contributed by atoms with Gasteiger partial charge in [-0.1, -0.05) is 29.8 Å². The Hall–Kier alpha value is -2.18. The minimum Gasteiger partial charge on any atom is -0.326 e. The van der Waals surface area contributed by atoms with Crippen molar-refractivity contribution in [2.75, 3.05) is 19.4 Å². The number of benzene rings is 2. The van der Waals surface area contributed by atoms with E-state index in [-0.39, 0.29) is 10.8 Å². The van der Waals surface area contributed by atoms with E-state index >= 15 is 0 Å². The van der Waals surface area contributed by atoms with E-state index in [2.05, 4.69) is 5.32 Å². The lowest BCUT2D eigenvalue weighted by atomic mass is 10.0. The van der Waals surface area contributed by atoms with Crippen molar-refractivity contribution in [3.63, 3.8) is 0 Å². The molecule has 0 radical (unpaired) electrons. The molecule has 0 bridgehead atoms. The van der Waals surface area contributed by atoms with Crippen LogP contribution in [0, 0.1) is 20.8 Å². The first-order valence-electron chi connectivity index (χ1n) is 8.50. The zero-order valence-electron chi connectivity index (χ0n) is 16.0. The maximum Gasteiger partial charge on any atom is 0.242 e. The number of nitrogens with zero attached hydrogens (tertiary/aromatic N) is 1. The first-order valence-corrected chi connectivity index (χ1v) is 9.94. The lowest BCUT2D eigenvalue weighted by Crippen LogP contribution is -2.22. The molecule has 0 aliphatic heterocycles. The second-order valence-corrected chi connectivity index (χ2v) is 8.91. The highest BCUT2D eigenvalue weighted by atomic mass is 32.2. The van der Waals surface area contributed by atoms with Gasteiger partial charge >= 0.3 is 0 Å². The summed E-state index contributed by atoms with van der Waals surface area (Å²) in [5.41, 5.74) is 5.07. The van der Waals surface area contributed by atoms with Crippen LogP contribution in [0.4, 0.5) is 5.69 Å². The topological polar surface area (TPSA) is 66.5 Å². The van der Waals surface area contributed by atoms with Crippen LogP contribution in [0.3, 0.4) is 0 Å². The molecule has 140 valence electrons. The first kappa shape index (κ1) is 20.1. The fraction of sp³-hybridized carbons (Fsp3) is 0.350. The first-order chi connectivity index (χ1) is 12.1. The zero-order valence-corrected chi connectivity index (χ0v) is 16.8.